The molecule has 2 fully saturated rings. The molecule has 1 aliphatic carbocycles. The minimum Gasteiger partial charge on any atom is -0.469 e. The van der Waals surface area contributed by atoms with Gasteiger partial charge in [0.15, 0.2) is 0 Å². The Morgan fingerprint density at radius 3 is 2.33 bits per heavy atom. The van der Waals surface area contributed by atoms with Crippen LogP contribution in [0.3, 0.4) is 0 Å². The number of carbonyl (C=O) groups is 4. The first kappa shape index (κ1) is 26.0. The molecule has 3 aliphatic rings. The number of halogens is 3. The average Bonchev–Trinajstić information content (AvgIpc) is 3.02. The number of anilines is 1. The van der Waals surface area contributed by atoms with Crippen LogP contribution >= 0.6 is 0 Å². The maximum atomic E-state index is 13.2. The molecule has 0 atom stereocenters. The molecule has 1 aromatic carbocycles. The van der Waals surface area contributed by atoms with Gasteiger partial charge in [-0.15, -0.1) is 0 Å². The lowest BCUT2D eigenvalue weighted by Gasteiger charge is -2.33. The number of amides is 4. The average molecular weight is 510 g/mol. The number of methoxy groups -OCH3 is 1. The summed E-state index contributed by atoms with van der Waals surface area (Å²) in [7, 11) is 1.36. The summed E-state index contributed by atoms with van der Waals surface area (Å²) in [6.45, 7) is -0.173. The second-order valence-corrected chi connectivity index (χ2v) is 9.66. The van der Waals surface area contributed by atoms with Crippen LogP contribution in [0.4, 0.5) is 23.7 Å². The lowest BCUT2D eigenvalue weighted by Crippen LogP contribution is -2.43. The summed E-state index contributed by atoms with van der Waals surface area (Å²) in [5.74, 6) is -1.99. The van der Waals surface area contributed by atoms with Gasteiger partial charge >= 0.3 is 24.1 Å². The molecule has 0 N–H and O–H groups in total. The van der Waals surface area contributed by atoms with Crippen molar-refractivity contribution in [1.82, 2.24) is 9.80 Å². The highest BCUT2D eigenvalue weighted by Gasteiger charge is 2.44. The Kier molecular flexibility index (Phi) is 7.56. The second kappa shape index (κ2) is 10.5. The third-order valence-electron chi connectivity index (χ3n) is 7.50. The first-order valence-electron chi connectivity index (χ1n) is 12.3. The standard InChI is InChI=1S/C25H30F3N3O5/c1-36-22(33)9-4-16-2-6-19(7-3-16)31-21(32)15-30(24(31)35)20-8-5-17-10-12-29(13-11-18(17)14-20)23(34)25(26,27)28/h5,8,14,16,19H,2-4,6-7,9-13,15H2,1H3/t16-,19-. The predicted molar refractivity (Wildman–Crippen MR) is 123 cm³/mol. The Labute approximate surface area is 207 Å². The molecule has 36 heavy (non-hydrogen) atoms. The zero-order chi connectivity index (χ0) is 26.0. The number of ether oxygens (including phenoxy) is 1. The Hall–Kier alpha value is -3.11. The molecule has 4 rings (SSSR count). The lowest BCUT2D eigenvalue weighted by atomic mass is 9.83. The molecular weight excluding hydrogens is 479 g/mol. The fourth-order valence-corrected chi connectivity index (χ4v) is 5.45. The zero-order valence-electron chi connectivity index (χ0n) is 20.2. The number of imide groups is 1. The second-order valence-electron chi connectivity index (χ2n) is 9.66. The van der Waals surface area contributed by atoms with Crippen LogP contribution in [0.5, 0.6) is 0 Å². The number of benzene rings is 1. The zero-order valence-corrected chi connectivity index (χ0v) is 20.2. The lowest BCUT2D eigenvalue weighted by molar-refractivity contribution is -0.185. The van der Waals surface area contributed by atoms with Crippen LogP contribution in [-0.4, -0.2) is 72.6 Å². The van der Waals surface area contributed by atoms with Gasteiger partial charge in [0.1, 0.15) is 6.54 Å². The van der Waals surface area contributed by atoms with E-state index in [4.69, 9.17) is 4.74 Å². The van der Waals surface area contributed by atoms with E-state index in [1.165, 1.54) is 16.9 Å². The van der Waals surface area contributed by atoms with Gasteiger partial charge in [0, 0.05) is 31.2 Å². The van der Waals surface area contributed by atoms with Crippen molar-refractivity contribution in [3.63, 3.8) is 0 Å². The molecule has 4 amide bonds. The maximum absolute atomic E-state index is 13.2. The van der Waals surface area contributed by atoms with Gasteiger partial charge in [0.05, 0.1) is 7.11 Å². The van der Waals surface area contributed by atoms with Crippen molar-refractivity contribution in [3.8, 4) is 0 Å². The van der Waals surface area contributed by atoms with Crippen LogP contribution in [-0.2, 0) is 32.0 Å². The molecule has 1 saturated carbocycles. The van der Waals surface area contributed by atoms with Gasteiger partial charge in [-0.05, 0) is 74.1 Å². The van der Waals surface area contributed by atoms with Crippen LogP contribution in [0.1, 0.15) is 49.7 Å². The third-order valence-corrected chi connectivity index (χ3v) is 7.50. The van der Waals surface area contributed by atoms with Crippen molar-refractivity contribution in [2.75, 3.05) is 31.6 Å². The van der Waals surface area contributed by atoms with E-state index >= 15 is 0 Å². The summed E-state index contributed by atoms with van der Waals surface area (Å²) >= 11 is 0. The largest absolute Gasteiger partial charge is 0.471 e. The number of hydrogen-bond acceptors (Lipinski definition) is 5. The van der Waals surface area contributed by atoms with Gasteiger partial charge in [0.2, 0.25) is 0 Å². The van der Waals surface area contributed by atoms with E-state index in [1.54, 1.807) is 18.2 Å². The summed E-state index contributed by atoms with van der Waals surface area (Å²) in [5.41, 5.74) is 2.13. The molecule has 196 valence electrons. The summed E-state index contributed by atoms with van der Waals surface area (Å²) in [5, 5.41) is 0. The van der Waals surface area contributed by atoms with Gasteiger partial charge in [-0.3, -0.25) is 24.2 Å². The number of alkyl halides is 3. The van der Waals surface area contributed by atoms with Crippen molar-refractivity contribution in [2.45, 2.75) is 63.6 Å². The van der Waals surface area contributed by atoms with Gasteiger partial charge in [-0.2, -0.15) is 13.2 Å². The van der Waals surface area contributed by atoms with Gasteiger partial charge in [0.25, 0.3) is 5.91 Å². The van der Waals surface area contributed by atoms with Gasteiger partial charge < -0.3 is 9.64 Å². The molecule has 1 aromatic rings. The highest BCUT2D eigenvalue weighted by atomic mass is 19.4. The summed E-state index contributed by atoms with van der Waals surface area (Å²) in [6.07, 6.45) is -0.273. The number of fused-ring (bicyclic) bond motifs is 1. The van der Waals surface area contributed by atoms with Crippen LogP contribution in [0, 0.1) is 5.92 Å². The first-order chi connectivity index (χ1) is 17.1. The van der Waals surface area contributed by atoms with Crippen molar-refractivity contribution < 1.29 is 37.1 Å². The molecule has 1 saturated heterocycles. The molecule has 0 radical (unpaired) electrons. The Bertz CT molecular complexity index is 1040. The summed E-state index contributed by atoms with van der Waals surface area (Å²) in [4.78, 5) is 52.6. The van der Waals surface area contributed by atoms with E-state index in [2.05, 4.69) is 0 Å². The van der Waals surface area contributed by atoms with E-state index in [1.807, 2.05) is 0 Å². The molecular formula is C25H30F3N3O5. The quantitative estimate of drug-likeness (QED) is 0.448. The summed E-state index contributed by atoms with van der Waals surface area (Å²) in [6, 6.07) is 4.64. The molecule has 0 spiro atoms. The Balaban J connectivity index is 1.39. The maximum Gasteiger partial charge on any atom is 0.471 e. The van der Waals surface area contributed by atoms with Crippen LogP contribution < -0.4 is 4.90 Å². The van der Waals surface area contributed by atoms with Gasteiger partial charge in [-0.25, -0.2) is 4.79 Å². The highest BCUT2D eigenvalue weighted by molar-refractivity contribution is 6.12. The van der Waals surface area contributed by atoms with E-state index in [0.29, 0.717) is 30.9 Å². The normalized spacial score (nSPS) is 22.9. The van der Waals surface area contributed by atoms with Gasteiger partial charge in [-0.1, -0.05) is 6.07 Å². The molecule has 8 nitrogen and oxygen atoms in total. The number of rotatable bonds is 5. The highest BCUT2D eigenvalue weighted by Crippen LogP contribution is 2.34. The van der Waals surface area contributed by atoms with E-state index in [-0.39, 0.29) is 56.4 Å². The van der Waals surface area contributed by atoms with Crippen molar-refractivity contribution in [3.05, 3.63) is 29.3 Å². The molecule has 2 heterocycles. The monoisotopic (exact) mass is 509 g/mol. The SMILES string of the molecule is COC(=O)CC[C@H]1CC[C@H](N2C(=O)CN(c3ccc4c(c3)CCN(C(=O)C(F)(F)F)CC4)C2=O)CC1. The molecule has 2 aliphatic heterocycles. The minimum atomic E-state index is -4.91. The fraction of sp³-hybridized carbons (Fsp3) is 0.600. The predicted octanol–water partition coefficient (Wildman–Crippen LogP) is 3.46. The number of carbonyl (C=O) groups excluding carboxylic acids is 4. The van der Waals surface area contributed by atoms with Crippen LogP contribution in [0.25, 0.3) is 0 Å². The van der Waals surface area contributed by atoms with Crippen molar-refractivity contribution >= 4 is 29.5 Å². The number of urea groups is 1. The number of hydrogen-bond donors (Lipinski definition) is 0. The van der Waals surface area contributed by atoms with Crippen molar-refractivity contribution in [1.29, 1.82) is 0 Å². The molecule has 0 aromatic heterocycles. The number of nitrogens with zero attached hydrogens (tertiary/aromatic N) is 3. The van der Waals surface area contributed by atoms with E-state index in [9.17, 15) is 32.3 Å². The van der Waals surface area contributed by atoms with E-state index in [0.717, 1.165) is 35.3 Å². The smallest absolute Gasteiger partial charge is 0.469 e. The van der Waals surface area contributed by atoms with Crippen LogP contribution in [0.2, 0.25) is 0 Å². The number of esters is 1. The minimum absolute atomic E-state index is 0.0259. The first-order valence-corrected chi connectivity index (χ1v) is 12.3. The molecule has 0 unspecified atom stereocenters. The van der Waals surface area contributed by atoms with Crippen LogP contribution in [0.15, 0.2) is 18.2 Å². The Morgan fingerprint density at radius 1 is 1.03 bits per heavy atom. The topological polar surface area (TPSA) is 87.2 Å². The van der Waals surface area contributed by atoms with Crippen molar-refractivity contribution in [2.24, 2.45) is 5.92 Å². The molecule has 11 heteroatoms. The summed E-state index contributed by atoms with van der Waals surface area (Å²) < 4.78 is 43.2. The van der Waals surface area contributed by atoms with E-state index < -0.39 is 12.1 Å². The molecule has 0 bridgehead atoms. The third kappa shape index (κ3) is 5.49. The fourth-order valence-electron chi connectivity index (χ4n) is 5.45. The Morgan fingerprint density at radius 2 is 1.69 bits per heavy atom.